The van der Waals surface area contributed by atoms with Gasteiger partial charge in [0.2, 0.25) is 5.91 Å². The second-order valence-corrected chi connectivity index (χ2v) is 7.47. The highest BCUT2D eigenvalue weighted by Crippen LogP contribution is 2.30. The molecule has 0 aliphatic carbocycles. The minimum atomic E-state index is -4.39. The standard InChI is InChI=1S/C23H21F3N4O/c24-23(25,26)18-6-8-19(9-7-18)27-22(31)17-12-14-30(15-13-17)21-11-10-20(28-29-21)16-4-2-1-3-5-16/h1-11,17H,12-15H2,(H,27,31). The van der Waals surface area contributed by atoms with Crippen LogP contribution in [0.5, 0.6) is 0 Å². The lowest BCUT2D eigenvalue weighted by Gasteiger charge is -2.31. The van der Waals surface area contributed by atoms with Gasteiger partial charge in [0.1, 0.15) is 0 Å². The lowest BCUT2D eigenvalue weighted by molar-refractivity contribution is -0.137. The number of hydrogen-bond acceptors (Lipinski definition) is 4. The Balaban J connectivity index is 1.31. The van der Waals surface area contributed by atoms with E-state index in [0.29, 0.717) is 31.6 Å². The van der Waals surface area contributed by atoms with Crippen LogP contribution in [0.2, 0.25) is 0 Å². The maximum Gasteiger partial charge on any atom is 0.416 e. The summed E-state index contributed by atoms with van der Waals surface area (Å²) in [5.41, 5.74) is 1.43. The van der Waals surface area contributed by atoms with E-state index in [1.54, 1.807) is 0 Å². The third kappa shape index (κ3) is 5.02. The molecule has 0 saturated carbocycles. The number of piperidine rings is 1. The number of anilines is 2. The van der Waals surface area contributed by atoms with Gasteiger partial charge in [-0.15, -0.1) is 10.2 Å². The SMILES string of the molecule is O=C(Nc1ccc(C(F)(F)F)cc1)C1CCN(c2ccc(-c3ccccc3)nn2)CC1. The van der Waals surface area contributed by atoms with Crippen LogP contribution in [0.1, 0.15) is 18.4 Å². The van der Waals surface area contributed by atoms with Gasteiger partial charge in [0.05, 0.1) is 11.3 Å². The van der Waals surface area contributed by atoms with Crippen LogP contribution >= 0.6 is 0 Å². The maximum absolute atomic E-state index is 12.7. The molecule has 4 rings (SSSR count). The van der Waals surface area contributed by atoms with Gasteiger partial charge < -0.3 is 10.2 Å². The zero-order valence-corrected chi connectivity index (χ0v) is 16.6. The largest absolute Gasteiger partial charge is 0.416 e. The lowest BCUT2D eigenvalue weighted by atomic mass is 9.95. The Hall–Kier alpha value is -3.42. The van der Waals surface area contributed by atoms with Crippen molar-refractivity contribution in [3.8, 4) is 11.3 Å². The predicted octanol–water partition coefficient (Wildman–Crippen LogP) is 5.02. The quantitative estimate of drug-likeness (QED) is 0.637. The number of nitrogens with zero attached hydrogens (tertiary/aromatic N) is 3. The van der Waals surface area contributed by atoms with Gasteiger partial charge in [-0.2, -0.15) is 13.2 Å². The molecule has 0 spiro atoms. The van der Waals surface area contributed by atoms with E-state index in [1.807, 2.05) is 42.5 Å². The van der Waals surface area contributed by atoms with Crippen LogP contribution in [0, 0.1) is 5.92 Å². The third-order valence-corrected chi connectivity index (χ3v) is 5.39. The van der Waals surface area contributed by atoms with Crippen molar-refractivity contribution in [1.82, 2.24) is 10.2 Å². The van der Waals surface area contributed by atoms with E-state index in [2.05, 4.69) is 20.4 Å². The Morgan fingerprint density at radius 2 is 1.58 bits per heavy atom. The van der Waals surface area contributed by atoms with Gasteiger partial charge in [-0.05, 0) is 49.2 Å². The topological polar surface area (TPSA) is 58.1 Å². The highest BCUT2D eigenvalue weighted by Gasteiger charge is 2.30. The van der Waals surface area contributed by atoms with Crippen molar-refractivity contribution in [3.63, 3.8) is 0 Å². The summed E-state index contributed by atoms with van der Waals surface area (Å²) in [4.78, 5) is 14.6. The van der Waals surface area contributed by atoms with Gasteiger partial charge in [0.25, 0.3) is 0 Å². The first-order valence-electron chi connectivity index (χ1n) is 10.0. The van der Waals surface area contributed by atoms with Crippen molar-refractivity contribution < 1.29 is 18.0 Å². The Morgan fingerprint density at radius 1 is 0.903 bits per heavy atom. The fraction of sp³-hybridized carbons (Fsp3) is 0.261. The average molecular weight is 426 g/mol. The summed E-state index contributed by atoms with van der Waals surface area (Å²) in [5, 5.41) is 11.4. The summed E-state index contributed by atoms with van der Waals surface area (Å²) in [5.74, 6) is 0.390. The first-order chi connectivity index (χ1) is 14.9. The fourth-order valence-electron chi connectivity index (χ4n) is 3.61. The van der Waals surface area contributed by atoms with Crippen LogP contribution in [0.25, 0.3) is 11.3 Å². The molecule has 1 aliphatic rings. The normalized spacial score (nSPS) is 15.0. The first kappa shape index (κ1) is 20.8. The molecule has 1 saturated heterocycles. The van der Waals surface area contributed by atoms with E-state index in [9.17, 15) is 18.0 Å². The molecular formula is C23H21F3N4O. The number of nitrogens with one attached hydrogen (secondary N) is 1. The molecule has 1 amide bonds. The Labute approximate surface area is 177 Å². The molecule has 1 N–H and O–H groups in total. The highest BCUT2D eigenvalue weighted by atomic mass is 19.4. The molecule has 0 radical (unpaired) electrons. The number of carbonyl (C=O) groups excluding carboxylic acids is 1. The summed E-state index contributed by atoms with van der Waals surface area (Å²) in [6.45, 7) is 1.31. The van der Waals surface area contributed by atoms with Gasteiger partial charge in [-0.1, -0.05) is 30.3 Å². The minimum Gasteiger partial charge on any atom is -0.355 e. The van der Waals surface area contributed by atoms with Crippen LogP contribution < -0.4 is 10.2 Å². The summed E-state index contributed by atoms with van der Waals surface area (Å²) in [6, 6.07) is 18.2. The molecule has 2 heterocycles. The van der Waals surface area contributed by atoms with Crippen molar-refractivity contribution in [2.45, 2.75) is 19.0 Å². The molecule has 2 aromatic carbocycles. The van der Waals surface area contributed by atoms with Gasteiger partial charge in [0.15, 0.2) is 5.82 Å². The third-order valence-electron chi connectivity index (χ3n) is 5.39. The van der Waals surface area contributed by atoms with E-state index in [-0.39, 0.29) is 11.8 Å². The van der Waals surface area contributed by atoms with Crippen molar-refractivity contribution in [2.24, 2.45) is 5.92 Å². The van der Waals surface area contributed by atoms with E-state index >= 15 is 0 Å². The maximum atomic E-state index is 12.7. The smallest absolute Gasteiger partial charge is 0.355 e. The number of aromatic nitrogens is 2. The molecule has 5 nitrogen and oxygen atoms in total. The molecule has 0 bridgehead atoms. The molecule has 8 heteroatoms. The van der Waals surface area contributed by atoms with Gasteiger partial charge >= 0.3 is 6.18 Å². The number of alkyl halides is 3. The van der Waals surface area contributed by atoms with E-state index in [1.165, 1.54) is 12.1 Å². The van der Waals surface area contributed by atoms with Gasteiger partial charge in [-0.25, -0.2) is 0 Å². The van der Waals surface area contributed by atoms with Crippen LogP contribution in [0.3, 0.4) is 0 Å². The molecule has 31 heavy (non-hydrogen) atoms. The van der Waals surface area contributed by atoms with E-state index in [4.69, 9.17) is 0 Å². The number of amides is 1. The van der Waals surface area contributed by atoms with Gasteiger partial charge in [0, 0.05) is 30.3 Å². The molecule has 160 valence electrons. The van der Waals surface area contributed by atoms with Crippen LogP contribution in [-0.2, 0) is 11.0 Å². The van der Waals surface area contributed by atoms with Crippen molar-refractivity contribution >= 4 is 17.4 Å². The van der Waals surface area contributed by atoms with Crippen molar-refractivity contribution in [2.75, 3.05) is 23.3 Å². The zero-order valence-electron chi connectivity index (χ0n) is 16.6. The second-order valence-electron chi connectivity index (χ2n) is 7.47. The summed E-state index contributed by atoms with van der Waals surface area (Å²) >= 11 is 0. The van der Waals surface area contributed by atoms with Crippen LogP contribution in [0.4, 0.5) is 24.7 Å². The Morgan fingerprint density at radius 3 is 2.16 bits per heavy atom. The molecule has 1 aliphatic heterocycles. The number of benzene rings is 2. The van der Waals surface area contributed by atoms with Crippen molar-refractivity contribution in [3.05, 3.63) is 72.3 Å². The monoisotopic (exact) mass is 426 g/mol. The molecular weight excluding hydrogens is 405 g/mol. The number of rotatable bonds is 4. The fourth-order valence-corrected chi connectivity index (χ4v) is 3.61. The summed E-state index contributed by atoms with van der Waals surface area (Å²) in [6.07, 6.45) is -3.12. The van der Waals surface area contributed by atoms with Crippen LogP contribution in [0.15, 0.2) is 66.7 Å². The summed E-state index contributed by atoms with van der Waals surface area (Å²) in [7, 11) is 0. The molecule has 0 unspecified atom stereocenters. The van der Waals surface area contributed by atoms with E-state index in [0.717, 1.165) is 29.2 Å². The second kappa shape index (κ2) is 8.75. The molecule has 1 aromatic heterocycles. The number of carbonyl (C=O) groups is 1. The minimum absolute atomic E-state index is 0.176. The number of halogens is 3. The zero-order chi connectivity index (χ0) is 21.8. The van der Waals surface area contributed by atoms with Gasteiger partial charge in [-0.3, -0.25) is 4.79 Å². The Kier molecular flexibility index (Phi) is 5.88. The van der Waals surface area contributed by atoms with E-state index < -0.39 is 11.7 Å². The molecule has 0 atom stereocenters. The highest BCUT2D eigenvalue weighted by molar-refractivity contribution is 5.92. The van der Waals surface area contributed by atoms with Crippen molar-refractivity contribution in [1.29, 1.82) is 0 Å². The number of hydrogen-bond donors (Lipinski definition) is 1. The average Bonchev–Trinajstić information content (AvgIpc) is 2.80. The summed E-state index contributed by atoms with van der Waals surface area (Å²) < 4.78 is 38.0. The Bertz CT molecular complexity index is 1010. The predicted molar refractivity (Wildman–Crippen MR) is 112 cm³/mol. The lowest BCUT2D eigenvalue weighted by Crippen LogP contribution is -2.38. The first-order valence-corrected chi connectivity index (χ1v) is 10.0. The van der Waals surface area contributed by atoms with Crippen LogP contribution in [-0.4, -0.2) is 29.2 Å². The molecule has 3 aromatic rings. The molecule has 1 fully saturated rings.